The predicted octanol–water partition coefficient (Wildman–Crippen LogP) is 3.25. The van der Waals surface area contributed by atoms with Gasteiger partial charge in [0.05, 0.1) is 11.6 Å². The number of halogens is 1. The van der Waals surface area contributed by atoms with Crippen LogP contribution in [0.4, 0.5) is 0 Å². The molecule has 0 aromatic carbocycles. The second-order valence-corrected chi connectivity index (χ2v) is 8.36. The molecule has 1 aliphatic carbocycles. The van der Waals surface area contributed by atoms with Crippen LogP contribution in [0.15, 0.2) is 23.8 Å². The number of hydrogen-bond donors (Lipinski definition) is 1. The summed E-state index contributed by atoms with van der Waals surface area (Å²) in [5, 5.41) is 3.79. The van der Waals surface area contributed by atoms with E-state index in [9.17, 15) is 4.79 Å². The Hall–Kier alpha value is -1.37. The van der Waals surface area contributed by atoms with Gasteiger partial charge >= 0.3 is 0 Å². The van der Waals surface area contributed by atoms with Crippen LogP contribution >= 0.6 is 22.9 Å². The van der Waals surface area contributed by atoms with Crippen LogP contribution < -0.4 is 0 Å². The molecule has 1 spiro atoms. The molecule has 0 radical (unpaired) electrons. The van der Waals surface area contributed by atoms with Crippen LogP contribution in [0.25, 0.3) is 0 Å². The van der Waals surface area contributed by atoms with E-state index in [4.69, 9.17) is 11.6 Å². The smallest absolute Gasteiger partial charge is 0.270 e. The van der Waals surface area contributed by atoms with Gasteiger partial charge in [-0.05, 0) is 37.8 Å². The molecule has 7 heteroatoms. The van der Waals surface area contributed by atoms with Crippen molar-refractivity contribution in [1.29, 1.82) is 0 Å². The lowest BCUT2D eigenvalue weighted by molar-refractivity contribution is 0.0652. The average molecular weight is 365 g/mol. The molecule has 4 rings (SSSR count). The van der Waals surface area contributed by atoms with Crippen molar-refractivity contribution in [2.75, 3.05) is 20.1 Å². The molecule has 2 aliphatic rings. The van der Waals surface area contributed by atoms with E-state index in [-0.39, 0.29) is 5.91 Å². The number of aromatic amines is 1. The van der Waals surface area contributed by atoms with Crippen molar-refractivity contribution < 1.29 is 4.79 Å². The number of carbonyl (C=O) groups excluding carboxylic acids is 1. The highest BCUT2D eigenvalue weighted by Gasteiger charge is 2.56. The van der Waals surface area contributed by atoms with Crippen molar-refractivity contribution in [3.63, 3.8) is 0 Å². The normalized spacial score (nSPS) is 22.3. The quantitative estimate of drug-likeness (QED) is 0.906. The van der Waals surface area contributed by atoms with Gasteiger partial charge in [0.2, 0.25) is 0 Å². The minimum atomic E-state index is 0.0603. The largest absolute Gasteiger partial charge is 0.356 e. The van der Waals surface area contributed by atoms with Crippen LogP contribution in [0.5, 0.6) is 0 Å². The zero-order chi connectivity index (χ0) is 16.7. The molecule has 5 nitrogen and oxygen atoms in total. The Morgan fingerprint density at radius 1 is 1.54 bits per heavy atom. The second kappa shape index (κ2) is 6.17. The zero-order valence-corrected chi connectivity index (χ0v) is 15.2. The van der Waals surface area contributed by atoms with Crippen LogP contribution in [0.3, 0.4) is 0 Å². The molecule has 1 amide bonds. The summed E-state index contributed by atoms with van der Waals surface area (Å²) in [4.78, 5) is 24.2. The Labute approximate surface area is 150 Å². The first-order valence-electron chi connectivity index (χ1n) is 8.29. The van der Waals surface area contributed by atoms with Gasteiger partial charge in [0, 0.05) is 36.9 Å². The summed E-state index contributed by atoms with van der Waals surface area (Å²) in [7, 11) is 2.19. The van der Waals surface area contributed by atoms with Gasteiger partial charge in [-0.15, -0.1) is 11.3 Å². The zero-order valence-electron chi connectivity index (χ0n) is 13.7. The van der Waals surface area contributed by atoms with Crippen molar-refractivity contribution in [3.8, 4) is 0 Å². The molecule has 1 N–H and O–H groups in total. The minimum absolute atomic E-state index is 0.0603. The molecule has 2 aromatic rings. The molecule has 0 bridgehead atoms. The number of nitrogens with one attached hydrogen (secondary N) is 1. The van der Waals surface area contributed by atoms with Crippen LogP contribution in [0.2, 0.25) is 5.02 Å². The summed E-state index contributed by atoms with van der Waals surface area (Å²) in [6.45, 7) is 2.59. The number of hydrogen-bond acceptors (Lipinski definition) is 4. The van der Waals surface area contributed by atoms with Crippen LogP contribution in [0, 0.1) is 5.41 Å². The molecular formula is C17H21ClN4OS. The summed E-state index contributed by atoms with van der Waals surface area (Å²) in [6, 6.07) is 2.33. The van der Waals surface area contributed by atoms with E-state index in [0.717, 1.165) is 32.5 Å². The summed E-state index contributed by atoms with van der Waals surface area (Å²) in [5.74, 6) is 0.0603. The first-order chi connectivity index (χ1) is 11.6. The van der Waals surface area contributed by atoms with Gasteiger partial charge < -0.3 is 9.88 Å². The number of H-pyrrole nitrogens is 1. The molecule has 128 valence electrons. The van der Waals surface area contributed by atoms with Gasteiger partial charge in [0.15, 0.2) is 0 Å². The fraction of sp³-hybridized carbons (Fsp3) is 0.529. The number of aromatic nitrogens is 2. The van der Waals surface area contributed by atoms with Crippen molar-refractivity contribution in [1.82, 2.24) is 19.8 Å². The highest BCUT2D eigenvalue weighted by atomic mass is 35.5. The van der Waals surface area contributed by atoms with Crippen molar-refractivity contribution in [2.45, 2.75) is 31.8 Å². The molecule has 1 aliphatic heterocycles. The summed E-state index contributed by atoms with van der Waals surface area (Å²) >= 11 is 7.61. The first kappa shape index (κ1) is 16.1. The molecule has 3 heterocycles. The monoisotopic (exact) mass is 364 g/mol. The van der Waals surface area contributed by atoms with Gasteiger partial charge in [-0.2, -0.15) is 0 Å². The maximum atomic E-state index is 12.5. The number of thiazole rings is 1. The maximum Gasteiger partial charge on any atom is 0.270 e. The Kier molecular flexibility index (Phi) is 4.14. The highest BCUT2D eigenvalue weighted by molar-refractivity contribution is 7.09. The Balaban J connectivity index is 1.33. The van der Waals surface area contributed by atoms with Crippen LogP contribution in [-0.2, 0) is 6.54 Å². The Morgan fingerprint density at radius 2 is 2.33 bits per heavy atom. The molecule has 24 heavy (non-hydrogen) atoms. The number of carbonyl (C=O) groups is 1. The van der Waals surface area contributed by atoms with Crippen molar-refractivity contribution >= 4 is 28.8 Å². The lowest BCUT2D eigenvalue weighted by Gasteiger charge is -2.34. The molecule has 0 unspecified atom stereocenters. The van der Waals surface area contributed by atoms with E-state index in [1.54, 1.807) is 23.6 Å². The SMILES string of the molecule is CN(Cc1nccs1)[C@H]1CC12CCN(C(=O)c1cc(Cl)c[nH]1)CC2. The summed E-state index contributed by atoms with van der Waals surface area (Å²) in [5.41, 5.74) is 0.986. The average Bonchev–Trinajstić information content (AvgIpc) is 2.95. The predicted molar refractivity (Wildman–Crippen MR) is 95.4 cm³/mol. The van der Waals surface area contributed by atoms with Crippen molar-refractivity contribution in [2.24, 2.45) is 5.41 Å². The highest BCUT2D eigenvalue weighted by Crippen LogP contribution is 2.56. The van der Waals surface area contributed by atoms with Gasteiger partial charge in [0.25, 0.3) is 5.91 Å². The summed E-state index contributed by atoms with van der Waals surface area (Å²) < 4.78 is 0. The minimum Gasteiger partial charge on any atom is -0.356 e. The number of nitrogens with zero attached hydrogens (tertiary/aromatic N) is 3. The Bertz CT molecular complexity index is 721. The van der Waals surface area contributed by atoms with E-state index in [1.807, 2.05) is 16.5 Å². The van der Waals surface area contributed by atoms with E-state index in [2.05, 4.69) is 21.9 Å². The number of rotatable bonds is 4. The molecule has 1 atom stereocenters. The van der Waals surface area contributed by atoms with E-state index in [0.29, 0.717) is 22.2 Å². The van der Waals surface area contributed by atoms with Crippen LogP contribution in [-0.4, -0.2) is 51.9 Å². The molecule has 2 aromatic heterocycles. The fourth-order valence-electron chi connectivity index (χ4n) is 3.96. The van der Waals surface area contributed by atoms with Gasteiger partial charge in [-0.25, -0.2) is 4.98 Å². The molecule has 2 fully saturated rings. The standard InChI is InChI=1S/C17H21ClN4OS/c1-21(11-15-19-4-7-24-15)14-9-17(14)2-5-22(6-3-17)16(23)13-8-12(18)10-20-13/h4,7-8,10,14,20H,2-3,5-6,9,11H2,1H3/t14-/m0/s1. The lowest BCUT2D eigenvalue weighted by atomic mass is 9.92. The van der Waals surface area contributed by atoms with Gasteiger partial charge in [-0.3, -0.25) is 9.69 Å². The second-order valence-electron chi connectivity index (χ2n) is 6.95. The van der Waals surface area contributed by atoms with E-state index < -0.39 is 0 Å². The maximum absolute atomic E-state index is 12.5. The van der Waals surface area contributed by atoms with E-state index in [1.165, 1.54) is 11.4 Å². The Morgan fingerprint density at radius 3 is 2.96 bits per heavy atom. The van der Waals surface area contributed by atoms with Crippen molar-refractivity contribution in [3.05, 3.63) is 39.6 Å². The number of likely N-dealkylation sites (tertiary alicyclic amines) is 1. The third kappa shape index (κ3) is 2.98. The number of piperidine rings is 1. The molecule has 1 saturated heterocycles. The fourth-order valence-corrected chi connectivity index (χ4v) is 4.80. The van der Waals surface area contributed by atoms with E-state index >= 15 is 0 Å². The van der Waals surface area contributed by atoms with Crippen LogP contribution in [0.1, 0.15) is 34.8 Å². The van der Waals surface area contributed by atoms with Gasteiger partial charge in [-0.1, -0.05) is 11.6 Å². The topological polar surface area (TPSA) is 52.2 Å². The summed E-state index contributed by atoms with van der Waals surface area (Å²) in [6.07, 6.45) is 6.93. The third-order valence-electron chi connectivity index (χ3n) is 5.47. The molecule has 1 saturated carbocycles. The molecular weight excluding hydrogens is 344 g/mol. The van der Waals surface area contributed by atoms with Gasteiger partial charge in [0.1, 0.15) is 10.7 Å². The third-order valence-corrected chi connectivity index (χ3v) is 6.45. The lowest BCUT2D eigenvalue weighted by Crippen LogP contribution is -2.41. The first-order valence-corrected chi connectivity index (χ1v) is 9.55. The number of amides is 1.